The molecule has 0 unspecified atom stereocenters. The van der Waals surface area contributed by atoms with E-state index in [1.165, 1.54) is 55.2 Å². The third-order valence-corrected chi connectivity index (χ3v) is 15.8. The molecule has 51 heavy (non-hydrogen) atoms. The van der Waals surface area contributed by atoms with Gasteiger partial charge in [0.05, 0.1) is 13.2 Å². The Morgan fingerprint density at radius 1 is 1.06 bits per heavy atom. The number of allylic oxidation sites excluding steroid dienone is 5. The number of carbonyl (C=O) groups is 1. The second kappa shape index (κ2) is 14.1. The minimum Gasteiger partial charge on any atom is -0.477 e. The molecular weight excluding hydrogens is 631 g/mol. The maximum Gasteiger partial charge on any atom is 0.306 e. The molecule has 5 aliphatic carbocycles. The maximum absolute atomic E-state index is 12.6. The fourth-order valence-electron chi connectivity index (χ4n) is 13.3. The highest BCUT2D eigenvalue weighted by Crippen LogP contribution is 2.76. The van der Waals surface area contributed by atoms with Crippen molar-refractivity contribution in [2.24, 2.45) is 57.0 Å². The van der Waals surface area contributed by atoms with Gasteiger partial charge in [-0.3, -0.25) is 4.79 Å². The number of pyridine rings is 1. The highest BCUT2D eigenvalue weighted by atomic mass is 16.5. The predicted molar refractivity (Wildman–Crippen MR) is 205 cm³/mol. The molecule has 9 atom stereocenters. The summed E-state index contributed by atoms with van der Waals surface area (Å²) in [5.41, 5.74) is 12.6. The molecule has 6 rings (SSSR count). The molecule has 0 spiro atoms. The number of rotatable bonds is 11. The van der Waals surface area contributed by atoms with Gasteiger partial charge in [-0.1, -0.05) is 58.9 Å². The Morgan fingerprint density at radius 2 is 1.84 bits per heavy atom. The van der Waals surface area contributed by atoms with E-state index < -0.39 is 0 Å². The van der Waals surface area contributed by atoms with Crippen molar-refractivity contribution < 1.29 is 14.3 Å². The number of aromatic nitrogens is 1. The van der Waals surface area contributed by atoms with Gasteiger partial charge in [0, 0.05) is 18.2 Å². The van der Waals surface area contributed by atoms with E-state index in [-0.39, 0.29) is 27.8 Å². The zero-order valence-corrected chi connectivity index (χ0v) is 32.8. The summed E-state index contributed by atoms with van der Waals surface area (Å²) in [4.78, 5) is 16.9. The summed E-state index contributed by atoms with van der Waals surface area (Å²) in [6, 6.07) is 5.65. The molecule has 1 aromatic heterocycles. The van der Waals surface area contributed by atoms with Crippen molar-refractivity contribution in [3.63, 3.8) is 0 Å². The number of hydrogen-bond donors (Lipinski definition) is 1. The van der Waals surface area contributed by atoms with Crippen molar-refractivity contribution in [3.8, 4) is 11.9 Å². The van der Waals surface area contributed by atoms with E-state index in [1.54, 1.807) is 18.3 Å². The van der Waals surface area contributed by atoms with Crippen LogP contribution in [0.5, 0.6) is 5.88 Å². The molecule has 278 valence electrons. The standard InChI is InChI=1S/C45H65N3O3/c1-9-50-38(49)18-15-31(13-10-11-28-51-40-32(29-46)14-12-27-48-40)34-20-22-42(6)36(41(34,4)5)21-23-44(8)37(42)17-16-35-39-33(30(2)3)19-24-45(39,47)26-25-43(35,44)7/h12-14,20,27,33,35-37,39H,2,9-11,15-19,21-26,28,47H2,1,3-8H3/b31-13+/t33-,35+,36-,37+,39+,42-,43+,44+,45-/m0/s1. The summed E-state index contributed by atoms with van der Waals surface area (Å²) < 4.78 is 11.3. The van der Waals surface area contributed by atoms with Crippen LogP contribution in [0.2, 0.25) is 0 Å². The number of nitrogens with two attached hydrogens (primary N) is 1. The SMILES string of the molecule is C=C(C)[C@@H]1CC[C@]2(N)CC[C@]3(C)[C@H](CC[C@@H]4[C@@]5(C)CC=C(/C(=C/CCCOc6ncccc6C#N)CCC(=O)OCC)C(C)(C)[C@@H]5CC[C@]43C)[C@@H]12. The quantitative estimate of drug-likeness (QED) is 0.141. The second-order valence-corrected chi connectivity index (χ2v) is 18.5. The number of nitrogens with zero attached hydrogens (tertiary/aromatic N) is 2. The van der Waals surface area contributed by atoms with E-state index in [1.807, 2.05) is 6.92 Å². The molecule has 1 heterocycles. The molecule has 4 fully saturated rings. The van der Waals surface area contributed by atoms with Crippen molar-refractivity contribution in [2.75, 3.05) is 13.2 Å². The first-order valence-corrected chi connectivity index (χ1v) is 20.1. The van der Waals surface area contributed by atoms with E-state index in [4.69, 9.17) is 15.2 Å². The Bertz CT molecular complexity index is 1600. The summed E-state index contributed by atoms with van der Waals surface area (Å²) in [5.74, 6) is 3.32. The van der Waals surface area contributed by atoms with Crippen LogP contribution in [-0.2, 0) is 9.53 Å². The minimum atomic E-state index is -0.131. The first-order chi connectivity index (χ1) is 24.2. The van der Waals surface area contributed by atoms with E-state index in [9.17, 15) is 10.1 Å². The van der Waals surface area contributed by atoms with Crippen LogP contribution < -0.4 is 10.5 Å². The predicted octanol–water partition coefficient (Wildman–Crippen LogP) is 10.3. The Hall–Kier alpha value is -2.91. The smallest absolute Gasteiger partial charge is 0.306 e. The van der Waals surface area contributed by atoms with Gasteiger partial charge in [0.15, 0.2) is 0 Å². The van der Waals surface area contributed by atoms with Crippen LogP contribution in [-0.4, -0.2) is 29.7 Å². The van der Waals surface area contributed by atoms with E-state index >= 15 is 0 Å². The molecular formula is C45H65N3O3. The van der Waals surface area contributed by atoms with Gasteiger partial charge in [-0.05, 0) is 165 Å². The van der Waals surface area contributed by atoms with Crippen LogP contribution in [0.1, 0.15) is 138 Å². The van der Waals surface area contributed by atoms with Crippen molar-refractivity contribution >= 4 is 5.97 Å². The molecule has 0 amide bonds. The lowest BCUT2D eigenvalue weighted by atomic mass is 9.33. The third kappa shape index (κ3) is 6.32. The van der Waals surface area contributed by atoms with Gasteiger partial charge in [0.2, 0.25) is 5.88 Å². The summed E-state index contributed by atoms with van der Waals surface area (Å²) in [5, 5.41) is 9.41. The lowest BCUT2D eigenvalue weighted by molar-refractivity contribution is -0.219. The summed E-state index contributed by atoms with van der Waals surface area (Å²) in [7, 11) is 0. The van der Waals surface area contributed by atoms with Crippen LogP contribution in [0.3, 0.4) is 0 Å². The number of esters is 1. The lowest BCUT2D eigenvalue weighted by Gasteiger charge is -2.72. The Balaban J connectivity index is 1.25. The number of fused-ring (bicyclic) bond motifs is 7. The maximum atomic E-state index is 12.6. The molecule has 1 aromatic rings. The Morgan fingerprint density at radius 3 is 2.57 bits per heavy atom. The molecule has 0 bridgehead atoms. The fraction of sp³-hybridized carbons (Fsp3) is 0.711. The van der Waals surface area contributed by atoms with Gasteiger partial charge in [-0.2, -0.15) is 5.26 Å². The second-order valence-electron chi connectivity index (χ2n) is 18.5. The van der Waals surface area contributed by atoms with Crippen LogP contribution in [0, 0.1) is 62.6 Å². The number of unbranched alkanes of at least 4 members (excludes halogenated alkanes) is 1. The molecule has 0 saturated heterocycles. The van der Waals surface area contributed by atoms with Crippen LogP contribution in [0.25, 0.3) is 0 Å². The van der Waals surface area contributed by atoms with Crippen LogP contribution >= 0.6 is 0 Å². The molecule has 2 N–H and O–H groups in total. The zero-order valence-electron chi connectivity index (χ0n) is 32.8. The summed E-state index contributed by atoms with van der Waals surface area (Å²) in [6.07, 6.45) is 20.3. The average molecular weight is 696 g/mol. The van der Waals surface area contributed by atoms with Crippen molar-refractivity contribution in [2.45, 2.75) is 137 Å². The molecule has 6 nitrogen and oxygen atoms in total. The zero-order chi connectivity index (χ0) is 36.8. The van der Waals surface area contributed by atoms with Gasteiger partial charge in [0.1, 0.15) is 11.6 Å². The topological polar surface area (TPSA) is 98.2 Å². The monoisotopic (exact) mass is 696 g/mol. The van der Waals surface area contributed by atoms with Crippen LogP contribution in [0.15, 0.2) is 53.8 Å². The number of carbonyl (C=O) groups excluding carboxylic acids is 1. The largest absolute Gasteiger partial charge is 0.477 e. The van der Waals surface area contributed by atoms with Gasteiger partial charge in [-0.25, -0.2) is 4.98 Å². The van der Waals surface area contributed by atoms with Crippen molar-refractivity contribution in [3.05, 3.63) is 59.3 Å². The van der Waals surface area contributed by atoms with Gasteiger partial charge < -0.3 is 15.2 Å². The van der Waals surface area contributed by atoms with Gasteiger partial charge >= 0.3 is 5.97 Å². The van der Waals surface area contributed by atoms with Gasteiger partial charge in [0.25, 0.3) is 0 Å². The van der Waals surface area contributed by atoms with Crippen molar-refractivity contribution in [1.29, 1.82) is 5.26 Å². The van der Waals surface area contributed by atoms with E-state index in [0.29, 0.717) is 72.5 Å². The summed E-state index contributed by atoms with van der Waals surface area (Å²) in [6.45, 7) is 22.5. The first-order valence-electron chi connectivity index (χ1n) is 20.1. The van der Waals surface area contributed by atoms with E-state index in [0.717, 1.165) is 32.1 Å². The number of nitriles is 1. The molecule has 0 aromatic carbocycles. The number of ether oxygens (including phenoxy) is 2. The lowest BCUT2D eigenvalue weighted by Crippen LogP contribution is -2.67. The molecule has 4 saturated carbocycles. The molecule has 0 aliphatic heterocycles. The third-order valence-electron chi connectivity index (χ3n) is 15.8. The minimum absolute atomic E-state index is 0.0149. The normalized spacial score (nSPS) is 38.2. The molecule has 6 heteroatoms. The van der Waals surface area contributed by atoms with Gasteiger partial charge in [-0.15, -0.1) is 0 Å². The van der Waals surface area contributed by atoms with Crippen molar-refractivity contribution in [1.82, 2.24) is 4.98 Å². The average Bonchev–Trinajstić information content (AvgIpc) is 3.44. The Kier molecular flexibility index (Phi) is 10.5. The Labute approximate surface area is 308 Å². The molecule has 5 aliphatic rings. The summed E-state index contributed by atoms with van der Waals surface area (Å²) >= 11 is 0. The van der Waals surface area contributed by atoms with E-state index in [2.05, 4.69) is 71.3 Å². The number of hydrogen-bond acceptors (Lipinski definition) is 6. The van der Waals surface area contributed by atoms with Crippen LogP contribution in [0.4, 0.5) is 0 Å². The fourth-order valence-corrected chi connectivity index (χ4v) is 13.3. The first kappa shape index (κ1) is 37.8. The highest BCUT2D eigenvalue weighted by molar-refractivity contribution is 5.70. The highest BCUT2D eigenvalue weighted by Gasteiger charge is 2.70. The molecule has 0 radical (unpaired) electrons.